The van der Waals surface area contributed by atoms with Gasteiger partial charge in [0.1, 0.15) is 43.7 Å². The fraction of sp³-hybridized carbons (Fsp3) is 0.182. The molecule has 0 aliphatic carbocycles. The maximum atomic E-state index is 12.4. The van der Waals surface area contributed by atoms with Gasteiger partial charge in [0, 0.05) is 41.0 Å². The predicted molar refractivity (Wildman–Crippen MR) is 189 cm³/mol. The van der Waals surface area contributed by atoms with Gasteiger partial charge in [-0.2, -0.15) is 13.2 Å². The molecule has 0 radical (unpaired) electrons. The van der Waals surface area contributed by atoms with Crippen molar-refractivity contribution >= 4 is 65.8 Å². The standard InChI is InChI=1S/C33H31F3N3O13PS/c1-3-28(40)45-17-19-47-30(42)37-22-5-11-25(12-6-22)50-53(54,52-27-15-9-24(10-16-27)39-32(44)49-21-33(34,35)36)51-26-13-7-23(8-14-26)38-31(43)48-20-18-46-29(41)4-2/h3-16H,1-2,17-21H2,(H,37,42)(H,38,43)(H,39,44). The molecule has 16 nitrogen and oxygen atoms in total. The molecule has 0 spiro atoms. The summed E-state index contributed by atoms with van der Waals surface area (Å²) < 4.78 is 78.4. The molecule has 0 saturated heterocycles. The molecule has 3 aromatic rings. The molecule has 3 rings (SSSR count). The van der Waals surface area contributed by atoms with Gasteiger partial charge in [-0.25, -0.2) is 24.0 Å². The van der Waals surface area contributed by atoms with Crippen molar-refractivity contribution in [3.63, 3.8) is 0 Å². The summed E-state index contributed by atoms with van der Waals surface area (Å²) in [6.45, 7) is 0.141. The van der Waals surface area contributed by atoms with Gasteiger partial charge in [-0.15, -0.1) is 0 Å². The third kappa shape index (κ3) is 16.4. The molecule has 21 heteroatoms. The van der Waals surface area contributed by atoms with E-state index in [-0.39, 0.29) is 49.4 Å². The van der Waals surface area contributed by atoms with Crippen LogP contribution in [0.5, 0.6) is 17.2 Å². The molecular weight excluding hydrogens is 766 g/mol. The van der Waals surface area contributed by atoms with Gasteiger partial charge in [0.2, 0.25) is 0 Å². The van der Waals surface area contributed by atoms with E-state index in [1.165, 1.54) is 72.8 Å². The summed E-state index contributed by atoms with van der Waals surface area (Å²) in [4.78, 5) is 58.0. The van der Waals surface area contributed by atoms with E-state index in [1.54, 1.807) is 0 Å². The van der Waals surface area contributed by atoms with Gasteiger partial charge in [-0.1, -0.05) is 13.2 Å². The SMILES string of the molecule is C=CC(=O)OCCOC(=O)Nc1ccc(OP(=S)(Oc2ccc(NC(=O)OCCOC(=O)C=C)cc2)Oc2ccc(NC(=O)OCC(F)(F)F)cc2)cc1. The number of benzene rings is 3. The van der Waals surface area contributed by atoms with Gasteiger partial charge >= 0.3 is 43.1 Å². The van der Waals surface area contributed by atoms with Crippen molar-refractivity contribution in [1.29, 1.82) is 0 Å². The average molecular weight is 798 g/mol. The van der Waals surface area contributed by atoms with Crippen molar-refractivity contribution in [3.8, 4) is 17.2 Å². The fourth-order valence-electron chi connectivity index (χ4n) is 3.52. The number of esters is 2. The summed E-state index contributed by atoms with van der Waals surface area (Å²) in [6, 6.07) is 16.8. The van der Waals surface area contributed by atoms with Crippen molar-refractivity contribution in [2.45, 2.75) is 6.18 Å². The van der Waals surface area contributed by atoms with Gasteiger partial charge < -0.3 is 37.3 Å². The van der Waals surface area contributed by atoms with Crippen molar-refractivity contribution < 1.29 is 74.4 Å². The third-order valence-corrected chi connectivity index (χ3v) is 7.75. The Balaban J connectivity index is 1.69. The summed E-state index contributed by atoms with van der Waals surface area (Å²) in [5.41, 5.74) is 0.659. The molecule has 0 aliphatic heterocycles. The van der Waals surface area contributed by atoms with Crippen LogP contribution in [0.25, 0.3) is 0 Å². The van der Waals surface area contributed by atoms with Crippen LogP contribution in [-0.2, 0) is 45.1 Å². The molecule has 0 heterocycles. The van der Waals surface area contributed by atoms with Crippen LogP contribution < -0.4 is 29.5 Å². The molecule has 0 aliphatic rings. The number of halogens is 3. The minimum Gasteiger partial charge on any atom is -0.459 e. The highest BCUT2D eigenvalue weighted by Crippen LogP contribution is 2.50. The molecule has 3 N–H and O–H groups in total. The number of nitrogens with one attached hydrogen (secondary N) is 3. The van der Waals surface area contributed by atoms with E-state index in [0.717, 1.165) is 12.2 Å². The monoisotopic (exact) mass is 797 g/mol. The molecule has 3 aromatic carbocycles. The Kier molecular flexibility index (Phi) is 16.1. The number of carbonyl (C=O) groups excluding carboxylic acids is 5. The molecule has 0 saturated carbocycles. The number of carbonyl (C=O) groups is 5. The first-order valence-electron chi connectivity index (χ1n) is 15.1. The van der Waals surface area contributed by atoms with E-state index in [4.69, 9.17) is 44.3 Å². The lowest BCUT2D eigenvalue weighted by atomic mass is 10.3. The lowest BCUT2D eigenvalue weighted by molar-refractivity contribution is -0.159. The van der Waals surface area contributed by atoms with Crippen LogP contribution in [0.1, 0.15) is 0 Å². The van der Waals surface area contributed by atoms with Gasteiger partial charge in [-0.3, -0.25) is 16.0 Å². The predicted octanol–water partition coefficient (Wildman–Crippen LogP) is 7.11. The summed E-state index contributed by atoms with van der Waals surface area (Å²) in [7, 11) is 0. The Morgan fingerprint density at radius 3 is 1.15 bits per heavy atom. The van der Waals surface area contributed by atoms with E-state index < -0.39 is 49.7 Å². The minimum absolute atomic E-state index is 0.0726. The summed E-state index contributed by atoms with van der Waals surface area (Å²) in [5.74, 6) is -0.987. The maximum absolute atomic E-state index is 12.4. The number of rotatable bonds is 18. The molecule has 0 bridgehead atoms. The smallest absolute Gasteiger partial charge is 0.459 e. The molecule has 0 fully saturated rings. The van der Waals surface area contributed by atoms with Gasteiger partial charge in [0.25, 0.3) is 0 Å². The first-order valence-corrected chi connectivity index (χ1v) is 17.7. The van der Waals surface area contributed by atoms with E-state index in [1.807, 2.05) is 0 Å². The van der Waals surface area contributed by atoms with E-state index in [0.29, 0.717) is 11.4 Å². The number of alkyl halides is 3. The summed E-state index contributed by atoms with van der Waals surface area (Å²) >= 11 is 5.68. The van der Waals surface area contributed by atoms with Crippen LogP contribution in [0.4, 0.5) is 44.6 Å². The summed E-state index contributed by atoms with van der Waals surface area (Å²) in [6.07, 6.45) is -5.77. The Morgan fingerprint density at radius 1 is 0.556 bits per heavy atom. The van der Waals surface area contributed by atoms with Crippen molar-refractivity contribution in [1.82, 2.24) is 0 Å². The fourth-order valence-corrected chi connectivity index (χ4v) is 5.55. The zero-order valence-corrected chi connectivity index (χ0v) is 29.5. The van der Waals surface area contributed by atoms with Crippen LogP contribution in [-0.4, -0.2) is 69.4 Å². The molecule has 0 atom stereocenters. The largest absolute Gasteiger partial charge is 0.490 e. The van der Waals surface area contributed by atoms with E-state index in [2.05, 4.69) is 33.8 Å². The van der Waals surface area contributed by atoms with Crippen LogP contribution in [0.15, 0.2) is 98.1 Å². The highest BCUT2D eigenvalue weighted by molar-refractivity contribution is 8.08. The molecule has 288 valence electrons. The molecule has 54 heavy (non-hydrogen) atoms. The topological polar surface area (TPSA) is 195 Å². The normalized spacial score (nSPS) is 10.7. The number of hydrogen-bond donors (Lipinski definition) is 3. The van der Waals surface area contributed by atoms with Crippen LogP contribution >= 0.6 is 6.72 Å². The second kappa shape index (κ2) is 20.7. The second-order valence-corrected chi connectivity index (χ2v) is 12.7. The maximum Gasteiger partial charge on any atom is 0.490 e. The minimum atomic E-state index is -4.70. The number of amides is 3. The van der Waals surface area contributed by atoms with Crippen LogP contribution in [0, 0.1) is 0 Å². The number of anilines is 3. The third-order valence-electron chi connectivity index (χ3n) is 5.78. The first kappa shape index (κ1) is 42.1. The van der Waals surface area contributed by atoms with Crippen molar-refractivity contribution in [2.24, 2.45) is 0 Å². The Morgan fingerprint density at radius 2 is 0.852 bits per heavy atom. The van der Waals surface area contributed by atoms with Gasteiger partial charge in [0.05, 0.1) is 0 Å². The zero-order chi connectivity index (χ0) is 39.6. The Labute approximate surface area is 310 Å². The first-order chi connectivity index (χ1) is 25.6. The molecular formula is C33H31F3N3O13PS. The van der Waals surface area contributed by atoms with Crippen LogP contribution in [0.3, 0.4) is 0 Å². The quantitative estimate of drug-likeness (QED) is 0.0387. The average Bonchev–Trinajstić information content (AvgIpc) is 3.13. The highest BCUT2D eigenvalue weighted by Gasteiger charge is 2.30. The molecule has 0 unspecified atom stereocenters. The van der Waals surface area contributed by atoms with E-state index in [9.17, 15) is 37.1 Å². The van der Waals surface area contributed by atoms with Gasteiger partial charge in [-0.05, 0) is 72.8 Å². The lowest BCUT2D eigenvalue weighted by Crippen LogP contribution is -2.23. The number of ether oxygens (including phenoxy) is 5. The Hall–Kier alpha value is -6.27. The second-order valence-electron chi connectivity index (χ2n) is 9.88. The van der Waals surface area contributed by atoms with Crippen molar-refractivity contribution in [3.05, 3.63) is 98.1 Å². The number of hydrogen-bond acceptors (Lipinski definition) is 14. The molecule has 0 aromatic heterocycles. The van der Waals surface area contributed by atoms with E-state index >= 15 is 0 Å². The van der Waals surface area contributed by atoms with Crippen molar-refractivity contribution in [2.75, 3.05) is 49.0 Å². The zero-order valence-electron chi connectivity index (χ0n) is 27.8. The highest BCUT2D eigenvalue weighted by atomic mass is 32.5. The van der Waals surface area contributed by atoms with Gasteiger partial charge in [0.15, 0.2) is 6.61 Å². The lowest BCUT2D eigenvalue weighted by Gasteiger charge is -2.23. The molecule has 3 amide bonds. The van der Waals surface area contributed by atoms with Crippen LogP contribution in [0.2, 0.25) is 0 Å². The summed E-state index contributed by atoms with van der Waals surface area (Å²) in [5, 5.41) is 7.09. The Bertz CT molecular complexity index is 1740.